The lowest BCUT2D eigenvalue weighted by molar-refractivity contribution is 0.463. The third kappa shape index (κ3) is 4.16. The minimum atomic E-state index is 0.392. The van der Waals surface area contributed by atoms with Gasteiger partial charge in [-0.2, -0.15) is 0 Å². The van der Waals surface area contributed by atoms with Crippen molar-refractivity contribution in [1.29, 1.82) is 0 Å². The number of ether oxygens (including phenoxy) is 1. The molecule has 0 aliphatic heterocycles. The molecule has 0 bridgehead atoms. The number of thioether (sulfide) groups is 1. The van der Waals surface area contributed by atoms with Crippen LogP contribution in [0, 0.1) is 6.92 Å². The summed E-state index contributed by atoms with van der Waals surface area (Å²) in [6.07, 6.45) is 6.83. The summed E-state index contributed by atoms with van der Waals surface area (Å²) in [6.45, 7) is 8.96. The summed E-state index contributed by atoms with van der Waals surface area (Å²) in [4.78, 5) is 9.94. The van der Waals surface area contributed by atoms with E-state index < -0.39 is 0 Å². The highest BCUT2D eigenvalue weighted by molar-refractivity contribution is 7.99. The fourth-order valence-corrected chi connectivity index (χ4v) is 5.65. The number of benzene rings is 1. The van der Waals surface area contributed by atoms with Gasteiger partial charge in [-0.1, -0.05) is 45.4 Å². The molecule has 1 aliphatic carbocycles. The molecule has 154 valence electrons. The van der Waals surface area contributed by atoms with E-state index in [0.717, 1.165) is 42.8 Å². The van der Waals surface area contributed by atoms with E-state index in [0.29, 0.717) is 16.5 Å². The van der Waals surface area contributed by atoms with Crippen molar-refractivity contribution in [3.63, 3.8) is 0 Å². The molecule has 0 amide bonds. The van der Waals surface area contributed by atoms with E-state index >= 15 is 0 Å². The summed E-state index contributed by atoms with van der Waals surface area (Å²) in [5, 5.41) is 0.962. The molecule has 0 radical (unpaired) electrons. The molecule has 1 unspecified atom stereocenters. The van der Waals surface area contributed by atoms with Gasteiger partial charge in [-0.3, -0.25) is 0 Å². The van der Waals surface area contributed by atoms with Crippen LogP contribution in [-0.4, -0.2) is 19.8 Å². The predicted molar refractivity (Wildman–Crippen MR) is 122 cm³/mol. The summed E-state index contributed by atoms with van der Waals surface area (Å²) in [6, 6.07) is 9.94. The molecular weight excluding hydrogens is 378 g/mol. The van der Waals surface area contributed by atoms with Gasteiger partial charge in [0.15, 0.2) is 5.52 Å². The third-order valence-corrected chi connectivity index (χ3v) is 6.77. The number of rotatable bonds is 7. The minimum Gasteiger partial charge on any atom is -0.437 e. The van der Waals surface area contributed by atoms with Crippen molar-refractivity contribution in [2.45, 2.75) is 76.8 Å². The lowest BCUT2D eigenvalue weighted by Crippen LogP contribution is -2.14. The number of nitrogens with zero attached hydrogens (tertiary/aromatic N) is 3. The largest absolute Gasteiger partial charge is 0.437 e. The highest BCUT2D eigenvalue weighted by Crippen LogP contribution is 2.41. The zero-order valence-corrected chi connectivity index (χ0v) is 18.8. The molecule has 1 aliphatic rings. The first kappa shape index (κ1) is 20.3. The van der Waals surface area contributed by atoms with E-state index in [1.54, 1.807) is 0 Å². The highest BCUT2D eigenvalue weighted by Gasteiger charge is 2.27. The van der Waals surface area contributed by atoms with Crippen LogP contribution in [0.1, 0.15) is 68.9 Å². The third-order valence-electron chi connectivity index (χ3n) is 5.46. The maximum Gasteiger partial charge on any atom is 0.247 e. The van der Waals surface area contributed by atoms with Crippen molar-refractivity contribution in [2.75, 3.05) is 0 Å². The van der Waals surface area contributed by atoms with E-state index in [1.165, 1.54) is 29.6 Å². The number of aryl methyl sites for hydroxylation is 3. The van der Waals surface area contributed by atoms with Crippen LogP contribution in [0.5, 0.6) is 11.6 Å². The molecule has 0 N–H and O–H groups in total. The van der Waals surface area contributed by atoms with Crippen LogP contribution in [0.15, 0.2) is 30.3 Å². The van der Waals surface area contributed by atoms with Gasteiger partial charge >= 0.3 is 0 Å². The van der Waals surface area contributed by atoms with Crippen molar-refractivity contribution >= 4 is 22.8 Å². The number of hydrogen-bond donors (Lipinski definition) is 0. The molecule has 0 fully saturated rings. The summed E-state index contributed by atoms with van der Waals surface area (Å²) in [5.41, 5.74) is 4.75. The van der Waals surface area contributed by atoms with Crippen LogP contribution >= 0.6 is 11.8 Å². The Morgan fingerprint density at radius 2 is 1.86 bits per heavy atom. The van der Waals surface area contributed by atoms with Crippen LogP contribution in [0.4, 0.5) is 0 Å². The second-order valence-electron chi connectivity index (χ2n) is 8.12. The van der Waals surface area contributed by atoms with Crippen LogP contribution in [0.2, 0.25) is 0 Å². The monoisotopic (exact) mass is 409 g/mol. The predicted octanol–water partition coefficient (Wildman–Crippen LogP) is 6.85. The number of hydrogen-bond acceptors (Lipinski definition) is 4. The van der Waals surface area contributed by atoms with Gasteiger partial charge in [0.1, 0.15) is 11.6 Å². The number of fused-ring (bicyclic) bond motifs is 3. The summed E-state index contributed by atoms with van der Waals surface area (Å²) in [7, 11) is 0. The molecule has 1 atom stereocenters. The smallest absolute Gasteiger partial charge is 0.247 e. The first-order valence-electron chi connectivity index (χ1n) is 10.9. The molecule has 0 saturated carbocycles. The molecule has 0 spiro atoms. The van der Waals surface area contributed by atoms with Crippen molar-refractivity contribution in [1.82, 2.24) is 14.5 Å². The lowest BCUT2D eigenvalue weighted by atomic mass is 9.95. The topological polar surface area (TPSA) is 39.9 Å². The maximum atomic E-state index is 6.25. The van der Waals surface area contributed by atoms with Crippen molar-refractivity contribution < 1.29 is 4.74 Å². The van der Waals surface area contributed by atoms with E-state index in [9.17, 15) is 0 Å². The van der Waals surface area contributed by atoms with Gasteiger partial charge in [0, 0.05) is 10.9 Å². The van der Waals surface area contributed by atoms with Gasteiger partial charge in [0.05, 0.1) is 10.9 Å². The Hall–Kier alpha value is -2.01. The van der Waals surface area contributed by atoms with Crippen LogP contribution in [-0.2, 0) is 12.8 Å². The molecule has 1 aromatic carbocycles. The van der Waals surface area contributed by atoms with Gasteiger partial charge in [0.2, 0.25) is 5.88 Å². The summed E-state index contributed by atoms with van der Waals surface area (Å²) in [5.74, 6) is 2.52. The molecule has 2 aromatic heterocycles. The lowest BCUT2D eigenvalue weighted by Gasteiger charge is -2.25. The quantitative estimate of drug-likeness (QED) is 0.428. The zero-order valence-electron chi connectivity index (χ0n) is 17.9. The molecule has 4 rings (SSSR count). The highest BCUT2D eigenvalue weighted by atomic mass is 32.2. The minimum absolute atomic E-state index is 0.392. The molecular formula is C24H31N3OS. The molecule has 2 heterocycles. The first-order valence-corrected chi connectivity index (χ1v) is 11.8. The van der Waals surface area contributed by atoms with Crippen molar-refractivity contribution in [3.8, 4) is 11.6 Å². The Bertz CT molecular complexity index is 981. The van der Waals surface area contributed by atoms with E-state index in [1.807, 2.05) is 42.1 Å². The molecule has 29 heavy (non-hydrogen) atoms. The standard InChI is InChI=1S/C24H31N3OS/c1-5-11-21(29-16(2)3)27-17(4)25-22-23(27)19-14-9-10-15-20(19)26-24(22)28-18-12-7-6-8-13-18/h6-8,12-13,16,21H,5,9-11,14-15H2,1-4H3. The summed E-state index contributed by atoms with van der Waals surface area (Å²) >= 11 is 2.03. The van der Waals surface area contributed by atoms with Crippen molar-refractivity contribution in [2.24, 2.45) is 0 Å². The Labute approximate surface area is 178 Å². The molecule has 5 heteroatoms. The van der Waals surface area contributed by atoms with Gasteiger partial charge in [-0.15, -0.1) is 11.8 Å². The fourth-order valence-electron chi connectivity index (χ4n) is 4.27. The fraction of sp³-hybridized carbons (Fsp3) is 0.500. The first-order chi connectivity index (χ1) is 14.1. The summed E-state index contributed by atoms with van der Waals surface area (Å²) < 4.78 is 8.73. The molecule has 3 aromatic rings. The number of pyridine rings is 1. The second kappa shape index (κ2) is 8.78. The Kier molecular flexibility index (Phi) is 6.14. The molecule has 0 saturated heterocycles. The average molecular weight is 410 g/mol. The molecule has 4 nitrogen and oxygen atoms in total. The van der Waals surface area contributed by atoms with E-state index in [2.05, 4.69) is 32.3 Å². The number of imidazole rings is 1. The van der Waals surface area contributed by atoms with Gasteiger partial charge in [-0.25, -0.2) is 9.97 Å². The van der Waals surface area contributed by atoms with Crippen molar-refractivity contribution in [3.05, 3.63) is 47.4 Å². The Balaban J connectivity index is 1.90. The van der Waals surface area contributed by atoms with E-state index in [4.69, 9.17) is 14.7 Å². The van der Waals surface area contributed by atoms with Crippen LogP contribution < -0.4 is 4.74 Å². The average Bonchev–Trinajstić information content (AvgIpc) is 3.06. The number of aromatic nitrogens is 3. The second-order valence-corrected chi connectivity index (χ2v) is 9.88. The maximum absolute atomic E-state index is 6.25. The number of para-hydroxylation sites is 1. The normalized spacial score (nSPS) is 14.9. The van der Waals surface area contributed by atoms with Gasteiger partial charge in [-0.05, 0) is 56.7 Å². The Morgan fingerprint density at radius 1 is 1.10 bits per heavy atom. The van der Waals surface area contributed by atoms with Gasteiger partial charge in [0.25, 0.3) is 0 Å². The zero-order chi connectivity index (χ0) is 20.4. The van der Waals surface area contributed by atoms with Gasteiger partial charge < -0.3 is 9.30 Å². The van der Waals surface area contributed by atoms with Crippen LogP contribution in [0.3, 0.4) is 0 Å². The van der Waals surface area contributed by atoms with Crippen LogP contribution in [0.25, 0.3) is 11.0 Å². The Morgan fingerprint density at radius 3 is 2.59 bits per heavy atom. The van der Waals surface area contributed by atoms with E-state index in [-0.39, 0.29) is 0 Å². The SMILES string of the molecule is CCCC(SC(C)C)n1c(C)nc2c(Oc3ccccc3)nc3c(c21)CCCC3.